The number of aromatic nitrogens is 1. The summed E-state index contributed by atoms with van der Waals surface area (Å²) in [5.41, 5.74) is 2.73. The number of hydrogen-bond acceptors (Lipinski definition) is 4. The third kappa shape index (κ3) is 3.73. The van der Waals surface area contributed by atoms with Crippen molar-refractivity contribution in [3.8, 4) is 0 Å². The number of hydrogen-bond donors (Lipinski definition) is 1. The molecule has 148 valence electrons. The van der Waals surface area contributed by atoms with Gasteiger partial charge in [-0.3, -0.25) is 14.1 Å². The molecule has 6 nitrogen and oxygen atoms in total. The van der Waals surface area contributed by atoms with Crippen molar-refractivity contribution in [2.75, 3.05) is 4.31 Å². The van der Waals surface area contributed by atoms with E-state index in [9.17, 15) is 13.2 Å². The second-order valence-electron chi connectivity index (χ2n) is 7.01. The van der Waals surface area contributed by atoms with Gasteiger partial charge in [0.25, 0.3) is 15.9 Å². The highest BCUT2D eigenvalue weighted by Crippen LogP contribution is 2.36. The van der Waals surface area contributed by atoms with E-state index in [1.54, 1.807) is 24.4 Å². The molecule has 1 amide bonds. The molecule has 0 fully saturated rings. The zero-order chi connectivity index (χ0) is 20.4. The zero-order valence-electron chi connectivity index (χ0n) is 15.9. The number of nitrogens with zero attached hydrogens (tertiary/aromatic N) is 2. The van der Waals surface area contributed by atoms with Gasteiger partial charge in [0.1, 0.15) is 0 Å². The van der Waals surface area contributed by atoms with Gasteiger partial charge in [-0.2, -0.15) is 0 Å². The minimum Gasteiger partial charge on any atom is -0.346 e. The predicted octanol–water partition coefficient (Wildman–Crippen LogP) is 3.15. The number of para-hydroxylation sites is 1. The van der Waals surface area contributed by atoms with Crippen LogP contribution >= 0.6 is 0 Å². The van der Waals surface area contributed by atoms with E-state index >= 15 is 0 Å². The Morgan fingerprint density at radius 2 is 1.90 bits per heavy atom. The van der Waals surface area contributed by atoms with E-state index in [0.717, 1.165) is 11.3 Å². The Hall–Kier alpha value is -3.19. The summed E-state index contributed by atoms with van der Waals surface area (Å²) < 4.78 is 28.1. The minimum atomic E-state index is -3.78. The zero-order valence-corrected chi connectivity index (χ0v) is 16.8. The molecule has 0 bridgehead atoms. The van der Waals surface area contributed by atoms with Gasteiger partial charge in [0, 0.05) is 17.8 Å². The molecule has 2 heterocycles. The number of fused-ring (bicyclic) bond motifs is 1. The average Bonchev–Trinajstić information content (AvgIpc) is 3.09. The summed E-state index contributed by atoms with van der Waals surface area (Å²) in [5.74, 6) is -0.345. The quantitative estimate of drug-likeness (QED) is 0.705. The van der Waals surface area contributed by atoms with Crippen molar-refractivity contribution in [3.05, 3.63) is 89.7 Å². The molecular weight excluding hydrogens is 386 g/mol. The molecule has 4 rings (SSSR count). The molecule has 1 aromatic heterocycles. The topological polar surface area (TPSA) is 79.4 Å². The summed E-state index contributed by atoms with van der Waals surface area (Å²) in [6, 6.07) is 18.9. The van der Waals surface area contributed by atoms with Crippen molar-refractivity contribution in [2.45, 2.75) is 30.8 Å². The summed E-state index contributed by atoms with van der Waals surface area (Å²) >= 11 is 0. The Labute approximate surface area is 170 Å². The lowest BCUT2D eigenvalue weighted by Crippen LogP contribution is -2.35. The van der Waals surface area contributed by atoms with Crippen LogP contribution in [-0.2, 0) is 23.0 Å². The molecule has 1 atom stereocenters. The first-order valence-electron chi connectivity index (χ1n) is 9.37. The first kappa shape index (κ1) is 19.1. The third-order valence-electron chi connectivity index (χ3n) is 4.95. The molecule has 0 aliphatic carbocycles. The van der Waals surface area contributed by atoms with Crippen LogP contribution in [0.1, 0.15) is 28.5 Å². The van der Waals surface area contributed by atoms with Crippen molar-refractivity contribution >= 4 is 21.6 Å². The van der Waals surface area contributed by atoms with Gasteiger partial charge in [0.15, 0.2) is 0 Å². The first-order valence-corrected chi connectivity index (χ1v) is 10.8. The highest BCUT2D eigenvalue weighted by atomic mass is 32.2. The molecule has 3 aromatic rings. The van der Waals surface area contributed by atoms with Crippen molar-refractivity contribution in [3.63, 3.8) is 0 Å². The van der Waals surface area contributed by atoms with Crippen LogP contribution in [-0.4, -0.2) is 25.4 Å². The maximum absolute atomic E-state index is 13.3. The minimum absolute atomic E-state index is 0.103. The number of carbonyl (C=O) groups excluding carboxylic acids is 1. The largest absolute Gasteiger partial charge is 0.346 e. The molecule has 1 aliphatic heterocycles. The molecule has 0 spiro atoms. The molecule has 1 N–H and O–H groups in total. The summed E-state index contributed by atoms with van der Waals surface area (Å²) in [6.07, 6.45) is 2.32. The summed E-state index contributed by atoms with van der Waals surface area (Å²) in [5, 5.41) is 2.78. The lowest BCUT2D eigenvalue weighted by atomic mass is 10.1. The molecule has 0 radical (unpaired) electrons. The molecule has 0 saturated heterocycles. The van der Waals surface area contributed by atoms with Gasteiger partial charge in [0.2, 0.25) is 0 Å². The van der Waals surface area contributed by atoms with Crippen LogP contribution in [0.4, 0.5) is 5.69 Å². The Balaban J connectivity index is 1.59. The van der Waals surface area contributed by atoms with Gasteiger partial charge in [-0.25, -0.2) is 8.42 Å². The van der Waals surface area contributed by atoms with Gasteiger partial charge in [-0.15, -0.1) is 0 Å². The molecule has 2 aromatic carbocycles. The van der Waals surface area contributed by atoms with E-state index in [4.69, 9.17) is 0 Å². The number of pyridine rings is 1. The fourth-order valence-electron chi connectivity index (χ4n) is 3.59. The van der Waals surface area contributed by atoms with E-state index in [1.165, 1.54) is 16.4 Å². The second kappa shape index (κ2) is 7.67. The van der Waals surface area contributed by atoms with E-state index in [0.29, 0.717) is 17.7 Å². The van der Waals surface area contributed by atoms with Gasteiger partial charge < -0.3 is 5.32 Å². The number of carbonyl (C=O) groups is 1. The highest BCUT2D eigenvalue weighted by Gasteiger charge is 2.36. The van der Waals surface area contributed by atoms with Gasteiger partial charge in [0.05, 0.1) is 22.8 Å². The molecular formula is C22H21N3O3S. The van der Waals surface area contributed by atoms with E-state index in [2.05, 4.69) is 10.3 Å². The summed E-state index contributed by atoms with van der Waals surface area (Å²) in [7, 11) is -3.78. The molecule has 0 saturated carbocycles. The standard InChI is InChI=1S/C22H21N3O3S/c1-16-13-17-7-2-3-11-21(17)25(16)29(27,28)20-10-6-8-18(14-20)22(26)24-15-19-9-4-5-12-23-19/h2-12,14,16H,13,15H2,1H3,(H,24,26)/t16-/m0/s1. The van der Waals surface area contributed by atoms with Crippen LogP contribution in [0.2, 0.25) is 0 Å². The maximum atomic E-state index is 13.3. The van der Waals surface area contributed by atoms with E-state index in [-0.39, 0.29) is 23.4 Å². The average molecular weight is 407 g/mol. The van der Waals surface area contributed by atoms with Crippen molar-refractivity contribution < 1.29 is 13.2 Å². The molecule has 29 heavy (non-hydrogen) atoms. The molecule has 0 unspecified atom stereocenters. The van der Waals surface area contributed by atoms with Crippen LogP contribution in [0.3, 0.4) is 0 Å². The number of rotatable bonds is 5. The van der Waals surface area contributed by atoms with Crippen LogP contribution in [0.25, 0.3) is 0 Å². The fraction of sp³-hybridized carbons (Fsp3) is 0.182. The number of nitrogens with one attached hydrogen (secondary N) is 1. The Morgan fingerprint density at radius 1 is 1.10 bits per heavy atom. The van der Waals surface area contributed by atoms with Crippen molar-refractivity contribution in [1.29, 1.82) is 0 Å². The predicted molar refractivity (Wildman–Crippen MR) is 111 cm³/mol. The van der Waals surface area contributed by atoms with Crippen LogP contribution in [0.5, 0.6) is 0 Å². The smallest absolute Gasteiger partial charge is 0.264 e. The molecule has 1 aliphatic rings. The second-order valence-corrected chi connectivity index (χ2v) is 8.83. The monoisotopic (exact) mass is 407 g/mol. The SMILES string of the molecule is C[C@H]1Cc2ccccc2N1S(=O)(=O)c1cccc(C(=O)NCc2ccccn2)c1. The number of benzene rings is 2. The Bertz CT molecular complexity index is 1150. The van der Waals surface area contributed by atoms with Gasteiger partial charge in [-0.1, -0.05) is 30.3 Å². The Kier molecular flexibility index (Phi) is 5.07. The van der Waals surface area contributed by atoms with Gasteiger partial charge >= 0.3 is 0 Å². The highest BCUT2D eigenvalue weighted by molar-refractivity contribution is 7.92. The van der Waals surface area contributed by atoms with Crippen LogP contribution in [0.15, 0.2) is 77.8 Å². The van der Waals surface area contributed by atoms with Crippen molar-refractivity contribution in [1.82, 2.24) is 10.3 Å². The van der Waals surface area contributed by atoms with Crippen LogP contribution < -0.4 is 9.62 Å². The normalized spacial score (nSPS) is 15.8. The van der Waals surface area contributed by atoms with Crippen molar-refractivity contribution in [2.24, 2.45) is 0 Å². The lowest BCUT2D eigenvalue weighted by molar-refractivity contribution is 0.0950. The summed E-state index contributed by atoms with van der Waals surface area (Å²) in [4.78, 5) is 16.8. The van der Waals surface area contributed by atoms with Gasteiger partial charge in [-0.05, 0) is 55.3 Å². The first-order chi connectivity index (χ1) is 14.0. The Morgan fingerprint density at radius 3 is 2.69 bits per heavy atom. The fourth-order valence-corrected chi connectivity index (χ4v) is 5.33. The number of amides is 1. The molecule has 7 heteroatoms. The number of anilines is 1. The lowest BCUT2D eigenvalue weighted by Gasteiger charge is -2.24. The third-order valence-corrected chi connectivity index (χ3v) is 6.88. The van der Waals surface area contributed by atoms with E-state index in [1.807, 2.05) is 43.3 Å². The van der Waals surface area contributed by atoms with E-state index < -0.39 is 10.0 Å². The summed E-state index contributed by atoms with van der Waals surface area (Å²) in [6.45, 7) is 2.16. The maximum Gasteiger partial charge on any atom is 0.264 e. The van der Waals surface area contributed by atoms with Crippen LogP contribution in [0, 0.1) is 0 Å². The number of sulfonamides is 1.